The van der Waals surface area contributed by atoms with E-state index in [2.05, 4.69) is 5.32 Å². The largest absolute Gasteiger partial charge is 0.486 e. The van der Waals surface area contributed by atoms with Crippen LogP contribution in [0.4, 0.5) is 0 Å². The molecule has 1 aliphatic heterocycles. The van der Waals surface area contributed by atoms with Gasteiger partial charge in [-0.15, -0.1) is 0 Å². The molecule has 0 bridgehead atoms. The third-order valence-electron chi connectivity index (χ3n) is 8.39. The molecule has 1 saturated heterocycles. The number of nitrogens with one attached hydrogen (secondary N) is 1. The van der Waals surface area contributed by atoms with E-state index in [0.29, 0.717) is 35.1 Å². The van der Waals surface area contributed by atoms with E-state index < -0.39 is 16.5 Å². The van der Waals surface area contributed by atoms with E-state index >= 15 is 0 Å². The van der Waals surface area contributed by atoms with Crippen molar-refractivity contribution in [1.29, 1.82) is 0 Å². The molecule has 1 saturated carbocycles. The molecule has 210 valence electrons. The maximum Gasteiger partial charge on any atom is 0.167 e. The number of rotatable bonds is 6. The number of hydrogen-bond acceptors (Lipinski definition) is 6. The van der Waals surface area contributed by atoms with Gasteiger partial charge in [0.1, 0.15) is 12.4 Å². The number of ether oxygens (including phenoxy) is 1. The van der Waals surface area contributed by atoms with Gasteiger partial charge in [0.15, 0.2) is 11.6 Å². The second-order valence-electron chi connectivity index (χ2n) is 9.97. The van der Waals surface area contributed by atoms with E-state index in [1.165, 1.54) is 6.92 Å². The molecule has 1 aliphatic carbocycles. The standard InChI is InChI=1S/C27H33Cl2N3O3.C2H6.CH4/c1-4-25-12-11-22(21-10-9-20(13-23(21)29)35-15-16(2)33)26(30,18-5-7-19(28)8-6-18)27(25,31)17(3)32-14-24(25)34;1-2;/h5-10,13,17,22,32H,4,11-12,14-15,30-31H2,1-3H3;1-2H3;1H4. The molecular weight excluding hydrogens is 521 g/mol. The van der Waals surface area contributed by atoms with Gasteiger partial charge in [0, 0.05) is 22.0 Å². The van der Waals surface area contributed by atoms with Crippen molar-refractivity contribution in [3.63, 3.8) is 0 Å². The van der Waals surface area contributed by atoms with Gasteiger partial charge in [-0.2, -0.15) is 0 Å². The Hall–Kier alpha value is -1.96. The summed E-state index contributed by atoms with van der Waals surface area (Å²) in [4.78, 5) is 24.8. The molecule has 5 unspecified atom stereocenters. The lowest BCUT2D eigenvalue weighted by Crippen LogP contribution is -2.85. The molecule has 5 atom stereocenters. The molecule has 2 aromatic carbocycles. The number of nitrogens with two attached hydrogens (primary N) is 2. The van der Waals surface area contributed by atoms with Gasteiger partial charge in [-0.25, -0.2) is 0 Å². The zero-order chi connectivity index (χ0) is 27.6. The van der Waals surface area contributed by atoms with Gasteiger partial charge in [-0.1, -0.05) is 69.6 Å². The predicted octanol–water partition coefficient (Wildman–Crippen LogP) is 6.01. The van der Waals surface area contributed by atoms with Crippen molar-refractivity contribution in [2.45, 2.75) is 84.3 Å². The van der Waals surface area contributed by atoms with Crippen LogP contribution in [0, 0.1) is 5.41 Å². The van der Waals surface area contributed by atoms with E-state index in [9.17, 15) is 9.59 Å². The van der Waals surface area contributed by atoms with E-state index in [4.69, 9.17) is 39.4 Å². The summed E-state index contributed by atoms with van der Waals surface area (Å²) in [6.07, 6.45) is 1.85. The summed E-state index contributed by atoms with van der Waals surface area (Å²) in [6.45, 7) is 9.75. The Morgan fingerprint density at radius 3 is 2.32 bits per heavy atom. The van der Waals surface area contributed by atoms with Crippen molar-refractivity contribution in [3.05, 3.63) is 63.6 Å². The highest BCUT2D eigenvalue weighted by Crippen LogP contribution is 2.61. The molecule has 38 heavy (non-hydrogen) atoms. The van der Waals surface area contributed by atoms with Crippen LogP contribution in [0.5, 0.6) is 5.75 Å². The molecule has 2 aromatic rings. The molecule has 0 spiro atoms. The SMILES string of the molecule is C.CC.CCC12CCC(c3ccc(OCC(C)=O)cc3Cl)C(N)(c3ccc(Cl)cc3)C1(N)C(C)NCC2=O. The highest BCUT2D eigenvalue weighted by Gasteiger charge is 2.70. The van der Waals surface area contributed by atoms with Crippen LogP contribution in [-0.4, -0.2) is 36.3 Å². The first-order chi connectivity index (χ1) is 17.5. The number of ketones is 2. The third-order valence-corrected chi connectivity index (χ3v) is 8.97. The number of Topliss-reactive ketones (excluding diaryl/α,β-unsaturated/α-hetero) is 2. The topological polar surface area (TPSA) is 107 Å². The lowest BCUT2D eigenvalue weighted by Gasteiger charge is -2.66. The number of carbonyl (C=O) groups excluding carboxylic acids is 2. The number of benzene rings is 2. The third kappa shape index (κ3) is 5.02. The van der Waals surface area contributed by atoms with Crippen molar-refractivity contribution >= 4 is 34.8 Å². The first-order valence-corrected chi connectivity index (χ1v) is 13.8. The number of piperidine rings is 1. The van der Waals surface area contributed by atoms with Crippen LogP contribution < -0.4 is 21.5 Å². The van der Waals surface area contributed by atoms with Gasteiger partial charge in [-0.05, 0) is 68.5 Å². The second-order valence-corrected chi connectivity index (χ2v) is 10.8. The van der Waals surface area contributed by atoms with Crippen LogP contribution in [0.3, 0.4) is 0 Å². The Labute approximate surface area is 237 Å². The molecular formula is C30H43Cl2N3O3. The van der Waals surface area contributed by atoms with Crippen molar-refractivity contribution in [1.82, 2.24) is 5.32 Å². The second kappa shape index (κ2) is 12.5. The fraction of sp³-hybridized carbons (Fsp3) is 0.533. The monoisotopic (exact) mass is 563 g/mol. The minimum atomic E-state index is -1.14. The highest BCUT2D eigenvalue weighted by molar-refractivity contribution is 6.31. The minimum absolute atomic E-state index is 0. The number of hydrogen-bond donors (Lipinski definition) is 3. The lowest BCUT2D eigenvalue weighted by atomic mass is 9.43. The van der Waals surface area contributed by atoms with Crippen molar-refractivity contribution < 1.29 is 14.3 Å². The molecule has 1 heterocycles. The van der Waals surface area contributed by atoms with Crippen LogP contribution in [0.25, 0.3) is 0 Å². The molecule has 0 radical (unpaired) electrons. The average molecular weight is 565 g/mol. The van der Waals surface area contributed by atoms with Crippen LogP contribution in [0.2, 0.25) is 10.0 Å². The molecule has 5 N–H and O–H groups in total. The van der Waals surface area contributed by atoms with E-state index in [0.717, 1.165) is 11.1 Å². The van der Waals surface area contributed by atoms with Gasteiger partial charge < -0.3 is 21.5 Å². The summed E-state index contributed by atoms with van der Waals surface area (Å²) in [5, 5.41) is 4.40. The maximum absolute atomic E-state index is 13.5. The molecule has 6 nitrogen and oxygen atoms in total. The average Bonchev–Trinajstić information content (AvgIpc) is 2.88. The predicted molar refractivity (Wildman–Crippen MR) is 157 cm³/mol. The Kier molecular flexibility index (Phi) is 10.6. The number of halogens is 2. The summed E-state index contributed by atoms with van der Waals surface area (Å²) in [7, 11) is 0. The fourth-order valence-corrected chi connectivity index (χ4v) is 6.95. The molecule has 0 aromatic heterocycles. The summed E-state index contributed by atoms with van der Waals surface area (Å²) in [6, 6.07) is 12.6. The summed E-state index contributed by atoms with van der Waals surface area (Å²) < 4.78 is 5.55. The molecule has 2 fully saturated rings. The van der Waals surface area contributed by atoms with Gasteiger partial charge in [0.05, 0.1) is 23.0 Å². The maximum atomic E-state index is 13.5. The molecule has 4 rings (SSSR count). The zero-order valence-electron chi connectivity index (χ0n) is 22.4. The van der Waals surface area contributed by atoms with Crippen molar-refractivity contribution in [2.75, 3.05) is 13.2 Å². The summed E-state index contributed by atoms with van der Waals surface area (Å²) in [5.41, 5.74) is 13.6. The van der Waals surface area contributed by atoms with E-state index in [1.54, 1.807) is 24.3 Å². The molecule has 2 aliphatic rings. The van der Waals surface area contributed by atoms with Crippen LogP contribution >= 0.6 is 23.2 Å². The Bertz CT molecular complexity index is 1140. The minimum Gasteiger partial charge on any atom is -0.486 e. The first kappa shape index (κ1) is 32.3. The van der Waals surface area contributed by atoms with Crippen LogP contribution in [0.15, 0.2) is 42.5 Å². The summed E-state index contributed by atoms with van der Waals surface area (Å²) in [5.74, 6) is 0.248. The highest BCUT2D eigenvalue weighted by atomic mass is 35.5. The zero-order valence-corrected chi connectivity index (χ0v) is 23.9. The van der Waals surface area contributed by atoms with Gasteiger partial charge in [0.25, 0.3) is 0 Å². The number of carbonyl (C=O) groups is 2. The fourth-order valence-electron chi connectivity index (χ4n) is 6.53. The quantitative estimate of drug-likeness (QED) is 0.397. The van der Waals surface area contributed by atoms with E-state index in [1.807, 2.05) is 45.9 Å². The molecule has 8 heteroatoms. The number of fused-ring (bicyclic) bond motifs is 1. The Morgan fingerprint density at radius 1 is 1.13 bits per heavy atom. The lowest BCUT2D eigenvalue weighted by molar-refractivity contribution is -0.149. The molecule has 0 amide bonds. The van der Waals surface area contributed by atoms with Crippen LogP contribution in [0.1, 0.15) is 78.4 Å². The van der Waals surface area contributed by atoms with E-state index in [-0.39, 0.29) is 44.1 Å². The van der Waals surface area contributed by atoms with Gasteiger partial charge in [-0.3, -0.25) is 9.59 Å². The van der Waals surface area contributed by atoms with Crippen molar-refractivity contribution in [2.24, 2.45) is 16.9 Å². The smallest absolute Gasteiger partial charge is 0.167 e. The van der Waals surface area contributed by atoms with Crippen LogP contribution in [-0.2, 0) is 15.1 Å². The van der Waals surface area contributed by atoms with Gasteiger partial charge >= 0.3 is 0 Å². The first-order valence-electron chi connectivity index (χ1n) is 13.0. The normalized spacial score (nSPS) is 30.3. The Morgan fingerprint density at radius 2 is 1.76 bits per heavy atom. The van der Waals surface area contributed by atoms with Gasteiger partial charge in [0.2, 0.25) is 0 Å². The van der Waals surface area contributed by atoms with Crippen molar-refractivity contribution in [3.8, 4) is 5.75 Å². The summed E-state index contributed by atoms with van der Waals surface area (Å²) >= 11 is 13.0. The Balaban J connectivity index is 0.00000165.